The van der Waals surface area contributed by atoms with Gasteiger partial charge in [0.15, 0.2) is 5.13 Å². The predicted molar refractivity (Wildman–Crippen MR) is 106 cm³/mol. The van der Waals surface area contributed by atoms with Crippen LogP contribution in [0.15, 0.2) is 54.0 Å². The van der Waals surface area contributed by atoms with Crippen molar-refractivity contribution in [3.05, 3.63) is 59.7 Å². The van der Waals surface area contributed by atoms with Crippen LogP contribution in [0.4, 0.5) is 5.13 Å². The molecular formula is C20H20N4O2S. The van der Waals surface area contributed by atoms with Crippen LogP contribution >= 0.6 is 11.3 Å². The number of benzene rings is 1. The van der Waals surface area contributed by atoms with E-state index in [1.807, 2.05) is 18.2 Å². The molecule has 1 amide bonds. The molecule has 0 bridgehead atoms. The normalized spacial score (nSPS) is 14.9. The third-order valence-electron chi connectivity index (χ3n) is 4.56. The summed E-state index contributed by atoms with van der Waals surface area (Å²) in [4.78, 5) is 22.3. The van der Waals surface area contributed by atoms with E-state index in [0.29, 0.717) is 5.75 Å². The number of ether oxygens (including phenoxy) is 1. The van der Waals surface area contributed by atoms with Crippen LogP contribution in [0.5, 0.6) is 5.75 Å². The highest BCUT2D eigenvalue weighted by atomic mass is 32.1. The predicted octanol–water partition coefficient (Wildman–Crippen LogP) is 3.35. The molecule has 3 aromatic rings. The zero-order valence-corrected chi connectivity index (χ0v) is 15.6. The van der Waals surface area contributed by atoms with Crippen molar-refractivity contribution in [2.24, 2.45) is 5.73 Å². The number of pyridine rings is 1. The van der Waals surface area contributed by atoms with Gasteiger partial charge in [-0.1, -0.05) is 30.3 Å². The van der Waals surface area contributed by atoms with E-state index < -0.39 is 5.91 Å². The fourth-order valence-corrected chi connectivity index (χ4v) is 4.02. The van der Waals surface area contributed by atoms with E-state index in [-0.39, 0.29) is 11.8 Å². The summed E-state index contributed by atoms with van der Waals surface area (Å²) in [5, 5.41) is 3.16. The maximum absolute atomic E-state index is 11.2. The number of amides is 1. The number of nitrogens with two attached hydrogens (primary N) is 1. The van der Waals surface area contributed by atoms with E-state index in [1.165, 1.54) is 0 Å². The van der Waals surface area contributed by atoms with Crippen molar-refractivity contribution in [3.63, 3.8) is 0 Å². The number of rotatable bonds is 5. The first-order valence-corrected chi connectivity index (χ1v) is 9.75. The van der Waals surface area contributed by atoms with Gasteiger partial charge < -0.3 is 15.4 Å². The quantitative estimate of drug-likeness (QED) is 0.734. The summed E-state index contributed by atoms with van der Waals surface area (Å²) < 4.78 is 6.01. The summed E-state index contributed by atoms with van der Waals surface area (Å²) in [7, 11) is 0. The van der Waals surface area contributed by atoms with Gasteiger partial charge in [-0.3, -0.25) is 9.78 Å². The van der Waals surface area contributed by atoms with Crippen LogP contribution in [0, 0.1) is 0 Å². The van der Waals surface area contributed by atoms with Crippen LogP contribution in [0.1, 0.15) is 23.3 Å². The summed E-state index contributed by atoms with van der Waals surface area (Å²) in [5.41, 5.74) is 7.65. The summed E-state index contributed by atoms with van der Waals surface area (Å²) in [6.45, 7) is 1.78. The van der Waals surface area contributed by atoms with Gasteiger partial charge in [0.25, 0.3) is 5.91 Å². The smallest absolute Gasteiger partial charge is 0.267 e. The van der Waals surface area contributed by atoms with Crippen molar-refractivity contribution in [2.45, 2.75) is 18.9 Å². The Balaban J connectivity index is 1.36. The molecule has 0 radical (unpaired) electrons. The van der Waals surface area contributed by atoms with Gasteiger partial charge in [-0.2, -0.15) is 0 Å². The molecule has 0 saturated carbocycles. The minimum atomic E-state index is -0.548. The molecule has 0 aliphatic carbocycles. The molecular weight excluding hydrogens is 360 g/mol. The van der Waals surface area contributed by atoms with Crippen LogP contribution in [-0.2, 0) is 0 Å². The number of carbonyl (C=O) groups excluding carboxylic acids is 1. The van der Waals surface area contributed by atoms with Crippen LogP contribution < -0.4 is 15.4 Å². The lowest BCUT2D eigenvalue weighted by molar-refractivity contribution is 0.0994. The molecule has 2 aromatic heterocycles. The zero-order valence-electron chi connectivity index (χ0n) is 14.7. The lowest BCUT2D eigenvalue weighted by Crippen LogP contribution is -2.38. The van der Waals surface area contributed by atoms with Crippen molar-refractivity contribution in [1.29, 1.82) is 0 Å². The highest BCUT2D eigenvalue weighted by molar-refractivity contribution is 7.14. The number of primary amides is 1. The Bertz CT molecular complexity index is 920. The second-order valence-electron chi connectivity index (χ2n) is 6.43. The molecule has 1 fully saturated rings. The van der Waals surface area contributed by atoms with Gasteiger partial charge in [0, 0.05) is 49.1 Å². The Kier molecular flexibility index (Phi) is 5.02. The molecule has 0 spiro atoms. The standard InChI is InChI=1S/C20H20N4O2S/c21-19(25)17-12-16(6-9-22-17)26-15-7-10-24(11-8-15)20-23-18(13-27-20)14-4-2-1-3-5-14/h1-6,9,12-13,15H,7-8,10-11H2,(H2,21,25). The fraction of sp³-hybridized carbons (Fsp3) is 0.250. The van der Waals surface area contributed by atoms with Crippen LogP contribution in [-0.4, -0.2) is 35.1 Å². The van der Waals surface area contributed by atoms with Gasteiger partial charge in [0.1, 0.15) is 17.5 Å². The first-order valence-electron chi connectivity index (χ1n) is 8.87. The third kappa shape index (κ3) is 4.09. The monoisotopic (exact) mass is 380 g/mol. The van der Waals surface area contributed by atoms with Crippen molar-refractivity contribution >= 4 is 22.4 Å². The van der Waals surface area contributed by atoms with Gasteiger partial charge in [0.2, 0.25) is 0 Å². The van der Waals surface area contributed by atoms with Gasteiger partial charge in [0.05, 0.1) is 5.69 Å². The van der Waals surface area contributed by atoms with E-state index in [2.05, 4.69) is 27.4 Å². The average molecular weight is 380 g/mol. The minimum absolute atomic E-state index is 0.109. The van der Waals surface area contributed by atoms with E-state index in [0.717, 1.165) is 42.3 Å². The number of anilines is 1. The molecule has 7 heteroatoms. The SMILES string of the molecule is NC(=O)c1cc(OC2CCN(c3nc(-c4ccccc4)cs3)CC2)ccn1. The second-order valence-corrected chi connectivity index (χ2v) is 7.26. The maximum atomic E-state index is 11.2. The first-order chi connectivity index (χ1) is 13.2. The van der Waals surface area contributed by atoms with Gasteiger partial charge in [-0.05, 0) is 6.07 Å². The fourth-order valence-electron chi connectivity index (χ4n) is 3.13. The van der Waals surface area contributed by atoms with E-state index in [1.54, 1.807) is 29.7 Å². The van der Waals surface area contributed by atoms with Crippen LogP contribution in [0.3, 0.4) is 0 Å². The van der Waals surface area contributed by atoms with E-state index in [4.69, 9.17) is 15.5 Å². The summed E-state index contributed by atoms with van der Waals surface area (Å²) >= 11 is 1.68. The second kappa shape index (κ2) is 7.75. The summed E-state index contributed by atoms with van der Waals surface area (Å²) in [6, 6.07) is 13.6. The van der Waals surface area contributed by atoms with E-state index >= 15 is 0 Å². The molecule has 1 saturated heterocycles. The molecule has 1 aliphatic rings. The molecule has 138 valence electrons. The molecule has 0 atom stereocenters. The van der Waals surface area contributed by atoms with Crippen molar-refractivity contribution < 1.29 is 9.53 Å². The minimum Gasteiger partial charge on any atom is -0.490 e. The van der Waals surface area contributed by atoms with Gasteiger partial charge in [-0.25, -0.2) is 4.98 Å². The molecule has 1 aromatic carbocycles. The maximum Gasteiger partial charge on any atom is 0.267 e. The Morgan fingerprint density at radius 3 is 2.70 bits per heavy atom. The molecule has 3 heterocycles. The zero-order chi connectivity index (χ0) is 18.6. The first kappa shape index (κ1) is 17.5. The molecule has 6 nitrogen and oxygen atoms in total. The largest absolute Gasteiger partial charge is 0.490 e. The summed E-state index contributed by atoms with van der Waals surface area (Å²) in [6.07, 6.45) is 3.45. The number of aromatic nitrogens is 2. The summed E-state index contributed by atoms with van der Waals surface area (Å²) in [5.74, 6) is 0.0890. The lowest BCUT2D eigenvalue weighted by atomic mass is 10.1. The topological polar surface area (TPSA) is 81.3 Å². The third-order valence-corrected chi connectivity index (χ3v) is 5.46. The number of piperidine rings is 1. The number of hydrogen-bond donors (Lipinski definition) is 1. The van der Waals surface area contributed by atoms with Crippen LogP contribution in [0.2, 0.25) is 0 Å². The van der Waals surface area contributed by atoms with Crippen molar-refractivity contribution in [2.75, 3.05) is 18.0 Å². The number of thiazole rings is 1. The van der Waals surface area contributed by atoms with E-state index in [9.17, 15) is 4.79 Å². The van der Waals surface area contributed by atoms with Crippen molar-refractivity contribution in [1.82, 2.24) is 9.97 Å². The average Bonchev–Trinajstić information content (AvgIpc) is 3.20. The Hall–Kier alpha value is -2.93. The molecule has 2 N–H and O–H groups in total. The number of carbonyl (C=O) groups is 1. The molecule has 4 rings (SSSR count). The molecule has 0 unspecified atom stereocenters. The van der Waals surface area contributed by atoms with Gasteiger partial charge in [-0.15, -0.1) is 11.3 Å². The highest BCUT2D eigenvalue weighted by Gasteiger charge is 2.23. The highest BCUT2D eigenvalue weighted by Crippen LogP contribution is 2.30. The molecule has 27 heavy (non-hydrogen) atoms. The Labute approximate surface area is 161 Å². The number of nitrogens with zero attached hydrogens (tertiary/aromatic N) is 3. The van der Waals surface area contributed by atoms with Gasteiger partial charge >= 0.3 is 0 Å². The molecule has 1 aliphatic heterocycles. The lowest BCUT2D eigenvalue weighted by Gasteiger charge is -2.32. The van der Waals surface area contributed by atoms with Crippen molar-refractivity contribution in [3.8, 4) is 17.0 Å². The number of hydrogen-bond acceptors (Lipinski definition) is 6. The van der Waals surface area contributed by atoms with Crippen LogP contribution in [0.25, 0.3) is 11.3 Å². The Morgan fingerprint density at radius 1 is 1.19 bits per heavy atom. The Morgan fingerprint density at radius 2 is 1.96 bits per heavy atom.